The molecule has 0 aliphatic rings. The lowest BCUT2D eigenvalue weighted by atomic mass is 10.3. The minimum absolute atomic E-state index is 0.594. The quantitative estimate of drug-likeness (QED) is 0.455. The van der Waals surface area contributed by atoms with Gasteiger partial charge in [0.2, 0.25) is 0 Å². The third-order valence-corrected chi connectivity index (χ3v) is 1.74. The second-order valence-corrected chi connectivity index (χ2v) is 2.63. The van der Waals surface area contributed by atoms with Crippen molar-refractivity contribution >= 4 is 27.5 Å². The highest BCUT2D eigenvalue weighted by atomic mass is 79.9. The molecule has 0 fully saturated rings. The third kappa shape index (κ3) is 2.72. The molecule has 3 heteroatoms. The number of benzene rings is 1. The van der Waals surface area contributed by atoms with Gasteiger partial charge in [-0.25, -0.2) is 4.99 Å². The number of rotatable bonds is 2. The van der Waals surface area contributed by atoms with Gasteiger partial charge in [0.25, 0.3) is 0 Å². The molecule has 0 spiro atoms. The number of para-hydroxylation sites is 1. The molecule has 2 N–H and O–H groups in total. The summed E-state index contributed by atoms with van der Waals surface area (Å²) >= 11 is 3.22. The van der Waals surface area contributed by atoms with E-state index in [1.54, 1.807) is 0 Å². The van der Waals surface area contributed by atoms with Crippen LogP contribution in [0.5, 0.6) is 0 Å². The zero-order chi connectivity index (χ0) is 8.10. The van der Waals surface area contributed by atoms with Gasteiger partial charge < -0.3 is 5.73 Å². The Labute approximate surface area is 74.3 Å². The van der Waals surface area contributed by atoms with E-state index in [9.17, 15) is 0 Å². The molecular formula is C8H9BrN2. The third-order valence-electron chi connectivity index (χ3n) is 1.17. The van der Waals surface area contributed by atoms with Gasteiger partial charge >= 0.3 is 0 Å². The standard InChI is InChI=1S/C8H9BrN2/c9-6-8(10)11-7-4-2-1-3-5-7/h1-5H,6H2,(H2,10,11). The van der Waals surface area contributed by atoms with Crippen molar-refractivity contribution in [3.05, 3.63) is 30.3 Å². The van der Waals surface area contributed by atoms with Crippen LogP contribution in [0.15, 0.2) is 35.3 Å². The molecule has 2 nitrogen and oxygen atoms in total. The smallest absolute Gasteiger partial charge is 0.110 e. The van der Waals surface area contributed by atoms with E-state index in [-0.39, 0.29) is 0 Å². The highest BCUT2D eigenvalue weighted by molar-refractivity contribution is 9.09. The summed E-state index contributed by atoms with van der Waals surface area (Å²) in [6.07, 6.45) is 0. The maximum Gasteiger partial charge on any atom is 0.110 e. The number of hydrogen-bond donors (Lipinski definition) is 1. The Kier molecular flexibility index (Phi) is 3.11. The summed E-state index contributed by atoms with van der Waals surface area (Å²) in [5.74, 6) is 0.594. The van der Waals surface area contributed by atoms with Gasteiger partial charge in [-0.05, 0) is 12.1 Å². The summed E-state index contributed by atoms with van der Waals surface area (Å²) in [5, 5.41) is 0.613. The van der Waals surface area contributed by atoms with Gasteiger partial charge in [-0.1, -0.05) is 34.1 Å². The number of hydrogen-bond acceptors (Lipinski definition) is 1. The fourth-order valence-corrected chi connectivity index (χ4v) is 0.824. The molecule has 11 heavy (non-hydrogen) atoms. The summed E-state index contributed by atoms with van der Waals surface area (Å²) in [7, 11) is 0. The van der Waals surface area contributed by atoms with E-state index in [0.717, 1.165) is 5.69 Å². The number of aliphatic imine (C=N–C) groups is 1. The summed E-state index contributed by atoms with van der Waals surface area (Å²) in [6, 6.07) is 9.63. The molecule has 0 atom stereocenters. The van der Waals surface area contributed by atoms with E-state index in [0.29, 0.717) is 11.2 Å². The first-order valence-corrected chi connectivity index (χ1v) is 4.39. The molecule has 0 heterocycles. The second kappa shape index (κ2) is 4.13. The lowest BCUT2D eigenvalue weighted by Gasteiger charge is -1.94. The SMILES string of the molecule is NC(CBr)=Nc1ccccc1. The van der Waals surface area contributed by atoms with Crippen molar-refractivity contribution in [2.24, 2.45) is 10.7 Å². The second-order valence-electron chi connectivity index (χ2n) is 2.07. The molecule has 1 rings (SSSR count). The molecule has 0 unspecified atom stereocenters. The molecule has 0 saturated carbocycles. The average molecular weight is 213 g/mol. The Morgan fingerprint density at radius 1 is 1.36 bits per heavy atom. The van der Waals surface area contributed by atoms with Crippen LogP contribution in [0.2, 0.25) is 0 Å². The van der Waals surface area contributed by atoms with Gasteiger partial charge in [0.15, 0.2) is 0 Å². The van der Waals surface area contributed by atoms with E-state index in [1.807, 2.05) is 30.3 Å². The largest absolute Gasteiger partial charge is 0.386 e. The predicted octanol–water partition coefficient (Wildman–Crippen LogP) is 2.07. The van der Waals surface area contributed by atoms with Crippen LogP contribution < -0.4 is 5.73 Å². The number of alkyl halides is 1. The van der Waals surface area contributed by atoms with Crippen molar-refractivity contribution in [3.8, 4) is 0 Å². The summed E-state index contributed by atoms with van der Waals surface area (Å²) < 4.78 is 0. The lowest BCUT2D eigenvalue weighted by Crippen LogP contribution is -2.11. The Hall–Kier alpha value is -0.830. The molecule has 0 radical (unpaired) electrons. The summed E-state index contributed by atoms with van der Waals surface area (Å²) in [4.78, 5) is 4.13. The Bertz CT molecular complexity index is 244. The average Bonchev–Trinajstić information content (AvgIpc) is 2.06. The number of nitrogens with two attached hydrogens (primary N) is 1. The Morgan fingerprint density at radius 2 is 2.00 bits per heavy atom. The van der Waals surface area contributed by atoms with Gasteiger partial charge in [0.1, 0.15) is 5.84 Å². The van der Waals surface area contributed by atoms with Crippen molar-refractivity contribution in [1.29, 1.82) is 0 Å². The van der Waals surface area contributed by atoms with E-state index in [1.165, 1.54) is 0 Å². The summed E-state index contributed by atoms with van der Waals surface area (Å²) in [6.45, 7) is 0. The van der Waals surface area contributed by atoms with Gasteiger partial charge in [-0.3, -0.25) is 0 Å². The monoisotopic (exact) mass is 212 g/mol. The van der Waals surface area contributed by atoms with Crippen LogP contribution in [0.3, 0.4) is 0 Å². The van der Waals surface area contributed by atoms with Gasteiger partial charge in [0, 0.05) is 0 Å². The van der Waals surface area contributed by atoms with Crippen LogP contribution in [0.25, 0.3) is 0 Å². The first kappa shape index (κ1) is 8.27. The topological polar surface area (TPSA) is 38.4 Å². The molecule has 58 valence electrons. The number of halogens is 1. The van der Waals surface area contributed by atoms with Gasteiger partial charge in [-0.15, -0.1) is 0 Å². The molecular weight excluding hydrogens is 204 g/mol. The first-order chi connectivity index (χ1) is 5.33. The first-order valence-electron chi connectivity index (χ1n) is 3.27. The zero-order valence-corrected chi connectivity index (χ0v) is 7.58. The van der Waals surface area contributed by atoms with Crippen LogP contribution in [0.1, 0.15) is 0 Å². The van der Waals surface area contributed by atoms with Crippen molar-refractivity contribution < 1.29 is 0 Å². The van der Waals surface area contributed by atoms with E-state index < -0.39 is 0 Å². The van der Waals surface area contributed by atoms with Crippen LogP contribution >= 0.6 is 15.9 Å². The van der Waals surface area contributed by atoms with Crippen LogP contribution in [-0.4, -0.2) is 11.2 Å². The van der Waals surface area contributed by atoms with Crippen molar-refractivity contribution in [2.75, 3.05) is 5.33 Å². The van der Waals surface area contributed by atoms with Crippen LogP contribution in [0.4, 0.5) is 5.69 Å². The lowest BCUT2D eigenvalue weighted by molar-refractivity contribution is 1.46. The fourth-order valence-electron chi connectivity index (χ4n) is 0.698. The normalized spacial score (nSPS) is 11.5. The van der Waals surface area contributed by atoms with Gasteiger partial charge in [0.05, 0.1) is 11.0 Å². The molecule has 0 amide bonds. The van der Waals surface area contributed by atoms with E-state index >= 15 is 0 Å². The minimum Gasteiger partial charge on any atom is -0.386 e. The minimum atomic E-state index is 0.594. The predicted molar refractivity (Wildman–Crippen MR) is 51.5 cm³/mol. The molecule has 1 aromatic rings. The van der Waals surface area contributed by atoms with E-state index in [2.05, 4.69) is 20.9 Å². The van der Waals surface area contributed by atoms with Crippen LogP contribution in [-0.2, 0) is 0 Å². The van der Waals surface area contributed by atoms with Crippen molar-refractivity contribution in [2.45, 2.75) is 0 Å². The molecule has 1 aromatic carbocycles. The maximum absolute atomic E-state index is 5.51. The Morgan fingerprint density at radius 3 is 2.55 bits per heavy atom. The highest BCUT2D eigenvalue weighted by Crippen LogP contribution is 2.09. The maximum atomic E-state index is 5.51. The van der Waals surface area contributed by atoms with Crippen LogP contribution in [0, 0.1) is 0 Å². The Balaban J connectivity index is 2.79. The molecule has 0 aromatic heterocycles. The molecule has 0 aliphatic carbocycles. The molecule has 0 bridgehead atoms. The number of nitrogens with zero attached hydrogens (tertiary/aromatic N) is 1. The molecule has 0 saturated heterocycles. The zero-order valence-electron chi connectivity index (χ0n) is 6.00. The van der Waals surface area contributed by atoms with Crippen molar-refractivity contribution in [3.63, 3.8) is 0 Å². The number of amidine groups is 1. The highest BCUT2D eigenvalue weighted by Gasteiger charge is 1.88. The fraction of sp³-hybridized carbons (Fsp3) is 0.125. The van der Waals surface area contributed by atoms with E-state index in [4.69, 9.17) is 5.73 Å². The van der Waals surface area contributed by atoms with Gasteiger partial charge in [-0.2, -0.15) is 0 Å². The van der Waals surface area contributed by atoms with Crippen molar-refractivity contribution in [1.82, 2.24) is 0 Å². The molecule has 0 aliphatic heterocycles. The summed E-state index contributed by atoms with van der Waals surface area (Å²) in [5.41, 5.74) is 6.40.